The Hall–Kier alpha value is -2.34. The molecule has 4 saturated carbocycles. The molecular weight excluding hydrogens is 421 g/mol. The molecular formula is C23H29F3N4O2. The second-order valence-corrected chi connectivity index (χ2v) is 10.6. The molecule has 1 aromatic rings. The Morgan fingerprint density at radius 1 is 1.34 bits per heavy atom. The van der Waals surface area contributed by atoms with Gasteiger partial charge in [-0.05, 0) is 60.7 Å². The number of hydrogen-bond donors (Lipinski definition) is 2. The Bertz CT molecular complexity index is 943. The van der Waals surface area contributed by atoms with Gasteiger partial charge in [-0.2, -0.15) is 23.5 Å². The van der Waals surface area contributed by atoms with Crippen LogP contribution in [-0.2, 0) is 6.18 Å². The predicted octanol–water partition coefficient (Wildman–Crippen LogP) is 4.23. The first-order valence-electron chi connectivity index (χ1n) is 11.1. The molecule has 0 saturated heterocycles. The van der Waals surface area contributed by atoms with Crippen LogP contribution in [0.25, 0.3) is 6.20 Å². The van der Waals surface area contributed by atoms with E-state index in [1.54, 1.807) is 13.8 Å². The number of allylic oxidation sites excluding steroid dienone is 1. The molecule has 32 heavy (non-hydrogen) atoms. The van der Waals surface area contributed by atoms with E-state index in [4.69, 9.17) is 5.26 Å². The summed E-state index contributed by atoms with van der Waals surface area (Å²) < 4.78 is 42.3. The number of aliphatic hydroxyl groups is 1. The molecule has 1 amide bonds. The SMILES string of the molecule is CC(C)(/C=C/n1ncc(C(=O)NC2C3CC4CC2CC(CO)(C4)C3)c1C(F)(F)F)CC#N. The third-order valence-electron chi connectivity index (χ3n) is 7.54. The topological polar surface area (TPSA) is 90.9 Å². The molecule has 2 N–H and O–H groups in total. The van der Waals surface area contributed by atoms with E-state index in [2.05, 4.69) is 10.4 Å². The van der Waals surface area contributed by atoms with Crippen LogP contribution in [0.15, 0.2) is 12.3 Å². The molecule has 1 heterocycles. The highest BCUT2D eigenvalue weighted by atomic mass is 19.4. The molecule has 9 heteroatoms. The van der Waals surface area contributed by atoms with Crippen LogP contribution in [0.3, 0.4) is 0 Å². The molecule has 2 unspecified atom stereocenters. The summed E-state index contributed by atoms with van der Waals surface area (Å²) >= 11 is 0. The van der Waals surface area contributed by atoms with E-state index in [0.717, 1.165) is 38.3 Å². The lowest BCUT2D eigenvalue weighted by atomic mass is 9.48. The quantitative estimate of drug-likeness (QED) is 0.679. The Kier molecular flexibility index (Phi) is 5.64. The maximum Gasteiger partial charge on any atom is 0.434 e. The first kappa shape index (κ1) is 22.8. The molecule has 4 fully saturated rings. The summed E-state index contributed by atoms with van der Waals surface area (Å²) in [5.74, 6) is 0.147. The largest absolute Gasteiger partial charge is 0.434 e. The summed E-state index contributed by atoms with van der Waals surface area (Å²) in [6, 6.07) is 1.83. The standard InChI is InChI=1S/C23H29F3N4O2/c1-21(2,3-5-27)4-6-30-19(23(24,25)26)17(12-28-30)20(32)29-18-15-7-14-8-16(18)11-22(9-14,10-15)13-31/h4,6,12,14-16,18,31H,3,7-11,13H2,1-2H3,(H,29,32)/b6-4+. The van der Waals surface area contributed by atoms with Crippen molar-refractivity contribution in [3.8, 4) is 6.07 Å². The number of nitrogens with one attached hydrogen (secondary N) is 1. The van der Waals surface area contributed by atoms with Crippen LogP contribution >= 0.6 is 0 Å². The van der Waals surface area contributed by atoms with E-state index in [0.29, 0.717) is 10.6 Å². The smallest absolute Gasteiger partial charge is 0.396 e. The molecule has 6 nitrogen and oxygen atoms in total. The lowest BCUT2D eigenvalue weighted by molar-refractivity contribution is -0.142. The van der Waals surface area contributed by atoms with E-state index < -0.39 is 28.8 Å². The molecule has 5 rings (SSSR count). The Balaban J connectivity index is 1.56. The number of halogens is 3. The molecule has 4 aliphatic carbocycles. The van der Waals surface area contributed by atoms with Gasteiger partial charge in [-0.15, -0.1) is 0 Å². The molecule has 0 aromatic carbocycles. The maximum absolute atomic E-state index is 13.9. The molecule has 1 aromatic heterocycles. The van der Waals surface area contributed by atoms with E-state index in [1.165, 1.54) is 12.3 Å². The van der Waals surface area contributed by atoms with Crippen LogP contribution in [0.2, 0.25) is 0 Å². The van der Waals surface area contributed by atoms with Crippen LogP contribution in [0.5, 0.6) is 0 Å². The number of amides is 1. The molecule has 0 radical (unpaired) electrons. The zero-order valence-electron chi connectivity index (χ0n) is 18.3. The highest BCUT2D eigenvalue weighted by molar-refractivity contribution is 5.95. The van der Waals surface area contributed by atoms with Crippen LogP contribution in [0.4, 0.5) is 13.2 Å². The van der Waals surface area contributed by atoms with Gasteiger partial charge < -0.3 is 10.4 Å². The van der Waals surface area contributed by atoms with Gasteiger partial charge in [-0.25, -0.2) is 4.68 Å². The van der Waals surface area contributed by atoms with Crippen molar-refractivity contribution in [2.45, 2.75) is 64.6 Å². The molecule has 0 spiro atoms. The molecule has 174 valence electrons. The number of nitrogens with zero attached hydrogens (tertiary/aromatic N) is 3. The number of nitriles is 1. The minimum absolute atomic E-state index is 0.0826. The first-order chi connectivity index (χ1) is 15.0. The van der Waals surface area contributed by atoms with Gasteiger partial charge >= 0.3 is 6.18 Å². The Morgan fingerprint density at radius 3 is 2.56 bits per heavy atom. The van der Waals surface area contributed by atoms with Gasteiger partial charge in [0.15, 0.2) is 5.69 Å². The van der Waals surface area contributed by atoms with Crippen LogP contribution in [0.1, 0.15) is 68.4 Å². The monoisotopic (exact) mass is 450 g/mol. The fourth-order valence-electron chi connectivity index (χ4n) is 6.31. The summed E-state index contributed by atoms with van der Waals surface area (Å²) in [4.78, 5) is 13.0. The van der Waals surface area contributed by atoms with Crippen molar-refractivity contribution < 1.29 is 23.1 Å². The highest BCUT2D eigenvalue weighted by Gasteiger charge is 2.55. The maximum atomic E-state index is 13.9. The van der Waals surface area contributed by atoms with Crippen LogP contribution < -0.4 is 5.32 Å². The van der Waals surface area contributed by atoms with Crippen molar-refractivity contribution >= 4 is 12.1 Å². The van der Waals surface area contributed by atoms with E-state index in [-0.39, 0.29) is 36.3 Å². The summed E-state index contributed by atoms with van der Waals surface area (Å²) in [6.07, 6.45) is 3.53. The minimum Gasteiger partial charge on any atom is -0.396 e. The first-order valence-corrected chi connectivity index (χ1v) is 11.1. The van der Waals surface area contributed by atoms with Gasteiger partial charge in [0.05, 0.1) is 17.8 Å². The lowest BCUT2D eigenvalue weighted by Crippen LogP contribution is -2.60. The molecule has 4 aliphatic rings. The molecule has 2 atom stereocenters. The van der Waals surface area contributed by atoms with Gasteiger partial charge in [-0.3, -0.25) is 4.79 Å². The van der Waals surface area contributed by atoms with Crippen molar-refractivity contribution in [1.29, 1.82) is 5.26 Å². The number of rotatable bonds is 6. The summed E-state index contributed by atoms with van der Waals surface area (Å²) in [6.45, 7) is 3.61. The molecule has 4 bridgehead atoms. The minimum atomic E-state index is -4.77. The third kappa shape index (κ3) is 4.17. The number of aliphatic hydroxyl groups excluding tert-OH is 1. The van der Waals surface area contributed by atoms with Gasteiger partial charge in [-0.1, -0.05) is 19.9 Å². The van der Waals surface area contributed by atoms with Crippen molar-refractivity contribution in [3.05, 3.63) is 23.5 Å². The fraction of sp³-hybridized carbons (Fsp3) is 0.696. The highest BCUT2D eigenvalue weighted by Crippen LogP contribution is 2.59. The van der Waals surface area contributed by atoms with Crippen LogP contribution in [0, 0.1) is 39.9 Å². The van der Waals surface area contributed by atoms with E-state index >= 15 is 0 Å². The average molecular weight is 451 g/mol. The van der Waals surface area contributed by atoms with Gasteiger partial charge in [0, 0.05) is 25.3 Å². The Labute approximate surface area is 185 Å². The number of alkyl halides is 3. The van der Waals surface area contributed by atoms with Crippen molar-refractivity contribution in [2.75, 3.05) is 6.61 Å². The number of hydrogen-bond acceptors (Lipinski definition) is 4. The number of carbonyl (C=O) groups is 1. The zero-order valence-corrected chi connectivity index (χ0v) is 18.3. The van der Waals surface area contributed by atoms with Gasteiger partial charge in [0.1, 0.15) is 0 Å². The van der Waals surface area contributed by atoms with Crippen molar-refractivity contribution in [1.82, 2.24) is 15.1 Å². The predicted molar refractivity (Wildman–Crippen MR) is 111 cm³/mol. The van der Waals surface area contributed by atoms with Crippen LogP contribution in [-0.4, -0.2) is 33.4 Å². The number of aromatic nitrogens is 2. The van der Waals surface area contributed by atoms with Crippen molar-refractivity contribution in [3.63, 3.8) is 0 Å². The zero-order chi connectivity index (χ0) is 23.3. The van der Waals surface area contributed by atoms with E-state index in [1.807, 2.05) is 6.07 Å². The van der Waals surface area contributed by atoms with Crippen molar-refractivity contribution in [2.24, 2.45) is 28.6 Å². The fourth-order valence-corrected chi connectivity index (χ4v) is 6.31. The summed E-state index contributed by atoms with van der Waals surface area (Å²) in [5, 5.41) is 25.5. The lowest BCUT2D eigenvalue weighted by Gasteiger charge is -2.59. The normalized spacial score (nSPS) is 31.8. The van der Waals surface area contributed by atoms with Gasteiger partial charge in [0.25, 0.3) is 5.91 Å². The third-order valence-corrected chi connectivity index (χ3v) is 7.54. The summed E-state index contributed by atoms with van der Waals surface area (Å²) in [5.41, 5.74) is -2.32. The molecule has 0 aliphatic heterocycles. The van der Waals surface area contributed by atoms with Gasteiger partial charge in [0.2, 0.25) is 0 Å². The second kappa shape index (κ2) is 7.91. The average Bonchev–Trinajstić information content (AvgIpc) is 3.13. The second-order valence-electron chi connectivity index (χ2n) is 10.6. The van der Waals surface area contributed by atoms with E-state index in [9.17, 15) is 23.1 Å². The Morgan fingerprint density at radius 2 is 2.00 bits per heavy atom. The number of carbonyl (C=O) groups excluding carboxylic acids is 1. The summed E-state index contributed by atoms with van der Waals surface area (Å²) in [7, 11) is 0.